The minimum absolute atomic E-state index is 0.248. The third-order valence-electron chi connectivity index (χ3n) is 5.33. The molecule has 9 nitrogen and oxygen atoms in total. The van der Waals surface area contributed by atoms with E-state index in [1.165, 1.54) is 6.92 Å². The van der Waals surface area contributed by atoms with Crippen molar-refractivity contribution in [3.8, 4) is 0 Å². The number of ether oxygens (including phenoxy) is 2. The van der Waals surface area contributed by atoms with E-state index in [1.54, 1.807) is 48.5 Å². The van der Waals surface area contributed by atoms with E-state index in [4.69, 9.17) is 0 Å². The first kappa shape index (κ1) is 22.7. The normalized spacial score (nSPS) is 12.9. The number of nitrogens with one attached hydrogen (secondary N) is 1. The van der Waals surface area contributed by atoms with E-state index in [-0.39, 0.29) is 5.56 Å². The highest BCUT2D eigenvalue weighted by Crippen LogP contribution is 2.27. The van der Waals surface area contributed by atoms with Gasteiger partial charge in [0.1, 0.15) is 6.04 Å². The fraction of sp³-hybridized carbons (Fsp3) is 0.261. The topological polar surface area (TPSA) is 132 Å². The van der Waals surface area contributed by atoms with E-state index in [9.17, 15) is 24.3 Å². The molecule has 0 saturated carbocycles. The van der Waals surface area contributed by atoms with Gasteiger partial charge < -0.3 is 19.9 Å². The number of carboxylic acid groups (broad SMARTS) is 1. The number of nitrogens with zero attached hydrogens (tertiary/aromatic N) is 1. The molecule has 3 rings (SSSR count). The molecule has 0 unspecified atom stereocenters. The zero-order valence-electron chi connectivity index (χ0n) is 17.7. The number of carboxylic acids is 1. The number of pyridine rings is 1. The van der Waals surface area contributed by atoms with Gasteiger partial charge in [0, 0.05) is 16.7 Å². The van der Waals surface area contributed by atoms with Crippen molar-refractivity contribution in [1.82, 2.24) is 10.3 Å². The summed E-state index contributed by atoms with van der Waals surface area (Å²) in [6.45, 7) is 1.36. The van der Waals surface area contributed by atoms with Crippen molar-refractivity contribution in [3.63, 3.8) is 0 Å². The summed E-state index contributed by atoms with van der Waals surface area (Å²) in [5, 5.41) is 13.3. The molecule has 9 heteroatoms. The highest BCUT2D eigenvalue weighted by Gasteiger charge is 2.42. The molecule has 0 radical (unpaired) electrons. The van der Waals surface area contributed by atoms with Crippen LogP contribution >= 0.6 is 0 Å². The molecule has 1 heterocycles. The average molecular weight is 438 g/mol. The summed E-state index contributed by atoms with van der Waals surface area (Å²) in [5.41, 5.74) is 1.38. The van der Waals surface area contributed by atoms with Crippen LogP contribution in [0.5, 0.6) is 0 Å². The number of hydrogen-bond acceptors (Lipinski definition) is 7. The van der Waals surface area contributed by atoms with Gasteiger partial charge in [-0.05, 0) is 12.1 Å². The van der Waals surface area contributed by atoms with Gasteiger partial charge >= 0.3 is 17.9 Å². The van der Waals surface area contributed by atoms with Gasteiger partial charge in [-0.3, -0.25) is 14.4 Å². The fourth-order valence-electron chi connectivity index (χ4n) is 3.69. The largest absolute Gasteiger partial charge is 0.480 e. The van der Waals surface area contributed by atoms with E-state index in [0.29, 0.717) is 21.8 Å². The number of carbonyl (C=O) groups excluding carboxylic acids is 3. The summed E-state index contributed by atoms with van der Waals surface area (Å²) in [7, 11) is 2.16. The first-order valence-electron chi connectivity index (χ1n) is 9.77. The lowest BCUT2D eigenvalue weighted by molar-refractivity contribution is -0.162. The highest BCUT2D eigenvalue weighted by molar-refractivity contribution is 6.16. The number of para-hydroxylation sites is 2. The van der Waals surface area contributed by atoms with Crippen molar-refractivity contribution in [2.75, 3.05) is 14.2 Å². The predicted octanol–water partition coefficient (Wildman–Crippen LogP) is 2.17. The molecule has 2 aromatic carbocycles. The second kappa shape index (κ2) is 9.42. The van der Waals surface area contributed by atoms with Gasteiger partial charge in [-0.25, -0.2) is 9.78 Å². The molecule has 0 saturated heterocycles. The lowest BCUT2D eigenvalue weighted by Crippen LogP contribution is -2.50. The van der Waals surface area contributed by atoms with Crippen molar-refractivity contribution >= 4 is 45.6 Å². The predicted molar refractivity (Wildman–Crippen MR) is 115 cm³/mol. The number of carbonyl (C=O) groups is 4. The van der Waals surface area contributed by atoms with Crippen LogP contribution in [0, 0.1) is 11.8 Å². The molecule has 0 bridgehead atoms. The number of aliphatic carboxylic acids is 1. The third-order valence-corrected chi connectivity index (χ3v) is 5.33. The van der Waals surface area contributed by atoms with Crippen LogP contribution in [0.4, 0.5) is 0 Å². The molecule has 1 amide bonds. The van der Waals surface area contributed by atoms with E-state index >= 15 is 0 Å². The highest BCUT2D eigenvalue weighted by atomic mass is 16.5. The molecule has 2 N–H and O–H groups in total. The van der Waals surface area contributed by atoms with Crippen LogP contribution in [0.25, 0.3) is 21.8 Å². The first-order valence-corrected chi connectivity index (χ1v) is 9.77. The average Bonchev–Trinajstić information content (AvgIpc) is 2.80. The fourth-order valence-corrected chi connectivity index (χ4v) is 3.69. The maximum atomic E-state index is 13.4. The molecule has 1 aromatic heterocycles. The van der Waals surface area contributed by atoms with Crippen LogP contribution in [0.2, 0.25) is 0 Å². The van der Waals surface area contributed by atoms with Gasteiger partial charge in [0.25, 0.3) is 5.91 Å². The number of hydrogen-bond donors (Lipinski definition) is 2. The summed E-state index contributed by atoms with van der Waals surface area (Å²) in [5.74, 6) is -6.68. The summed E-state index contributed by atoms with van der Waals surface area (Å²) in [6, 6.07) is 12.4. The molecular formula is C23H22N2O7. The Morgan fingerprint density at radius 3 is 1.78 bits per heavy atom. The van der Waals surface area contributed by atoms with Crippen molar-refractivity contribution in [1.29, 1.82) is 0 Å². The summed E-state index contributed by atoms with van der Waals surface area (Å²) in [6.07, 6.45) is 0. The number of aromatic nitrogens is 1. The maximum absolute atomic E-state index is 13.4. The van der Waals surface area contributed by atoms with E-state index < -0.39 is 41.7 Å². The van der Waals surface area contributed by atoms with Crippen LogP contribution in [0.15, 0.2) is 48.5 Å². The third kappa shape index (κ3) is 4.22. The van der Waals surface area contributed by atoms with E-state index in [1.807, 2.05) is 0 Å². The number of esters is 2. The Balaban J connectivity index is 2.06. The summed E-state index contributed by atoms with van der Waals surface area (Å²) < 4.78 is 9.28. The van der Waals surface area contributed by atoms with Crippen molar-refractivity contribution < 1.29 is 33.8 Å². The molecule has 0 aliphatic carbocycles. The van der Waals surface area contributed by atoms with Crippen molar-refractivity contribution in [2.45, 2.75) is 13.0 Å². The van der Waals surface area contributed by atoms with Gasteiger partial charge in [0.15, 0.2) is 5.92 Å². The Labute approximate surface area is 183 Å². The molecule has 0 aliphatic heterocycles. The zero-order chi connectivity index (χ0) is 23.4. The van der Waals surface area contributed by atoms with E-state index in [2.05, 4.69) is 19.8 Å². The minimum Gasteiger partial charge on any atom is -0.480 e. The molecule has 166 valence electrons. The van der Waals surface area contributed by atoms with Gasteiger partial charge in [0.05, 0.1) is 30.8 Å². The second-order valence-corrected chi connectivity index (χ2v) is 7.19. The van der Waals surface area contributed by atoms with Gasteiger partial charge in [-0.2, -0.15) is 0 Å². The summed E-state index contributed by atoms with van der Waals surface area (Å²) in [4.78, 5) is 54.2. The molecule has 3 aromatic rings. The van der Waals surface area contributed by atoms with Gasteiger partial charge in [-0.1, -0.05) is 43.3 Å². The monoisotopic (exact) mass is 438 g/mol. The number of rotatable bonds is 7. The number of amides is 1. The SMILES string of the molecule is COC(=O)C(C(=O)OC)[C@@H](C)[C@@H](NC(=O)c1c2ccccc2nc2ccccc12)C(=O)O. The van der Waals surface area contributed by atoms with Crippen LogP contribution < -0.4 is 5.32 Å². The van der Waals surface area contributed by atoms with Gasteiger partial charge in [0.2, 0.25) is 0 Å². The molecular weight excluding hydrogens is 416 g/mol. The Morgan fingerprint density at radius 1 is 0.875 bits per heavy atom. The Kier molecular flexibility index (Phi) is 6.67. The maximum Gasteiger partial charge on any atom is 0.326 e. The minimum atomic E-state index is -1.57. The van der Waals surface area contributed by atoms with Crippen LogP contribution in [-0.4, -0.2) is 54.2 Å². The Morgan fingerprint density at radius 2 is 1.34 bits per heavy atom. The lowest BCUT2D eigenvalue weighted by atomic mass is 9.87. The number of fused-ring (bicyclic) bond motifs is 2. The van der Waals surface area contributed by atoms with Crippen LogP contribution in [-0.2, 0) is 23.9 Å². The smallest absolute Gasteiger partial charge is 0.326 e. The van der Waals surface area contributed by atoms with Crippen molar-refractivity contribution in [2.24, 2.45) is 11.8 Å². The summed E-state index contributed by atoms with van der Waals surface area (Å²) >= 11 is 0. The molecule has 32 heavy (non-hydrogen) atoms. The lowest BCUT2D eigenvalue weighted by Gasteiger charge is -2.26. The van der Waals surface area contributed by atoms with Gasteiger partial charge in [-0.15, -0.1) is 0 Å². The number of benzene rings is 2. The quantitative estimate of drug-likeness (QED) is 0.326. The van der Waals surface area contributed by atoms with Crippen LogP contribution in [0.3, 0.4) is 0 Å². The zero-order valence-corrected chi connectivity index (χ0v) is 17.7. The molecule has 0 spiro atoms. The second-order valence-electron chi connectivity index (χ2n) is 7.19. The first-order chi connectivity index (χ1) is 15.3. The Bertz CT molecular complexity index is 1140. The molecule has 0 aliphatic rings. The Hall–Kier alpha value is -4.01. The standard InChI is InChI=1S/C23H22N2O7/c1-12(17(22(29)31-2)23(30)32-3)19(21(27)28)25-20(26)18-13-8-4-6-10-15(13)24-16-11-7-5-9-14(16)18/h4-12,17,19H,1-3H3,(H,25,26)(H,27,28)/t12-,19-/m1/s1. The molecule has 2 atom stereocenters. The number of methoxy groups -OCH3 is 2. The van der Waals surface area contributed by atoms with Crippen LogP contribution in [0.1, 0.15) is 17.3 Å². The van der Waals surface area contributed by atoms with E-state index in [0.717, 1.165) is 14.2 Å². The molecule has 0 fully saturated rings. The van der Waals surface area contributed by atoms with Crippen molar-refractivity contribution in [3.05, 3.63) is 54.1 Å².